The van der Waals surface area contributed by atoms with E-state index in [0.29, 0.717) is 13.2 Å². The molecule has 0 amide bonds. The Labute approximate surface area is 94.3 Å². The predicted molar refractivity (Wildman–Crippen MR) is 61.4 cm³/mol. The topological polar surface area (TPSA) is 47.3 Å². The summed E-state index contributed by atoms with van der Waals surface area (Å²) < 4.78 is 10.5. The molecule has 1 aromatic heterocycles. The maximum absolute atomic E-state index is 5.35. The number of nitrogens with one attached hydrogen (secondary N) is 1. The van der Waals surface area contributed by atoms with E-state index in [-0.39, 0.29) is 0 Å². The monoisotopic (exact) mass is 218 g/mol. The number of hydrogen-bond donors (Lipinski definition) is 1. The molecule has 0 bridgehead atoms. The Morgan fingerprint density at radius 3 is 2.75 bits per heavy atom. The molecule has 0 spiro atoms. The van der Waals surface area contributed by atoms with Crippen molar-refractivity contribution in [2.45, 2.75) is 13.5 Å². The third-order valence-electron chi connectivity index (χ3n) is 2.12. The average Bonchev–Trinajstić information content (AvgIpc) is 2.82. The Morgan fingerprint density at radius 1 is 1.31 bits per heavy atom. The van der Waals surface area contributed by atoms with Gasteiger partial charge in [-0.2, -0.15) is 0 Å². The highest BCUT2D eigenvalue weighted by Gasteiger charge is 1.97. The van der Waals surface area contributed by atoms with E-state index in [1.807, 2.05) is 31.2 Å². The van der Waals surface area contributed by atoms with Crippen molar-refractivity contribution in [3.63, 3.8) is 0 Å². The largest absolute Gasteiger partial charge is 0.494 e. The van der Waals surface area contributed by atoms with Gasteiger partial charge in [0, 0.05) is 5.69 Å². The number of ether oxygens (including phenoxy) is 1. The van der Waals surface area contributed by atoms with Gasteiger partial charge in [0.2, 0.25) is 0 Å². The molecule has 1 heterocycles. The standard InChI is InChI=1S/C12H14N2O2/c1-2-15-11-5-3-10(4-6-11)14-8-12-7-13-9-16-12/h3-7,9,14H,2,8H2,1H3. The minimum absolute atomic E-state index is 0.633. The van der Waals surface area contributed by atoms with Crippen LogP contribution < -0.4 is 10.1 Å². The predicted octanol–water partition coefficient (Wildman–Crippen LogP) is 2.69. The number of oxazole rings is 1. The van der Waals surface area contributed by atoms with Gasteiger partial charge < -0.3 is 14.5 Å². The highest BCUT2D eigenvalue weighted by atomic mass is 16.5. The van der Waals surface area contributed by atoms with Gasteiger partial charge in [0.15, 0.2) is 6.39 Å². The lowest BCUT2D eigenvalue weighted by Gasteiger charge is -2.06. The molecule has 0 aliphatic rings. The van der Waals surface area contributed by atoms with Gasteiger partial charge in [0.1, 0.15) is 11.5 Å². The number of hydrogen-bond acceptors (Lipinski definition) is 4. The molecule has 0 radical (unpaired) electrons. The molecular weight excluding hydrogens is 204 g/mol. The second kappa shape index (κ2) is 5.21. The molecule has 2 aromatic rings. The van der Waals surface area contributed by atoms with Crippen LogP contribution in [0.3, 0.4) is 0 Å². The van der Waals surface area contributed by atoms with Gasteiger partial charge in [0.05, 0.1) is 19.3 Å². The molecule has 2 rings (SSSR count). The number of aromatic nitrogens is 1. The summed E-state index contributed by atoms with van der Waals surface area (Å²) in [5.41, 5.74) is 1.03. The smallest absolute Gasteiger partial charge is 0.180 e. The average molecular weight is 218 g/mol. The zero-order valence-corrected chi connectivity index (χ0v) is 9.14. The van der Waals surface area contributed by atoms with Gasteiger partial charge >= 0.3 is 0 Å². The Bertz CT molecular complexity index is 409. The number of benzene rings is 1. The first-order valence-electron chi connectivity index (χ1n) is 5.22. The van der Waals surface area contributed by atoms with Crippen LogP contribution in [0.25, 0.3) is 0 Å². The molecule has 0 saturated heterocycles. The van der Waals surface area contributed by atoms with Crippen LogP contribution in [0.4, 0.5) is 5.69 Å². The molecule has 0 unspecified atom stereocenters. The second-order valence-corrected chi connectivity index (χ2v) is 3.28. The van der Waals surface area contributed by atoms with Crippen molar-refractivity contribution >= 4 is 5.69 Å². The van der Waals surface area contributed by atoms with Crippen molar-refractivity contribution in [3.05, 3.63) is 42.6 Å². The number of rotatable bonds is 5. The molecule has 0 fully saturated rings. The molecule has 4 heteroatoms. The van der Waals surface area contributed by atoms with Crippen molar-refractivity contribution in [1.82, 2.24) is 4.98 Å². The van der Waals surface area contributed by atoms with Crippen molar-refractivity contribution < 1.29 is 9.15 Å². The van der Waals surface area contributed by atoms with Crippen LogP contribution in [-0.4, -0.2) is 11.6 Å². The zero-order chi connectivity index (χ0) is 11.2. The highest BCUT2D eigenvalue weighted by Crippen LogP contribution is 2.16. The summed E-state index contributed by atoms with van der Waals surface area (Å²) in [5.74, 6) is 1.70. The van der Waals surface area contributed by atoms with Gasteiger partial charge in [-0.1, -0.05) is 0 Å². The van der Waals surface area contributed by atoms with Crippen LogP contribution in [0.2, 0.25) is 0 Å². The third-order valence-corrected chi connectivity index (χ3v) is 2.12. The Kier molecular flexibility index (Phi) is 3.43. The highest BCUT2D eigenvalue weighted by molar-refractivity contribution is 5.46. The quantitative estimate of drug-likeness (QED) is 0.838. The summed E-state index contributed by atoms with van der Waals surface area (Å²) in [5, 5.41) is 3.23. The third kappa shape index (κ3) is 2.76. The number of anilines is 1. The van der Waals surface area contributed by atoms with Crippen LogP contribution in [0.15, 0.2) is 41.3 Å². The zero-order valence-electron chi connectivity index (χ0n) is 9.14. The van der Waals surface area contributed by atoms with Gasteiger partial charge in [-0.05, 0) is 31.2 Å². The van der Waals surface area contributed by atoms with Crippen LogP contribution in [0.5, 0.6) is 5.75 Å². The molecule has 1 aromatic carbocycles. The van der Waals surface area contributed by atoms with Crippen molar-refractivity contribution in [2.75, 3.05) is 11.9 Å². The summed E-state index contributed by atoms with van der Waals surface area (Å²) in [6.07, 6.45) is 3.12. The molecule has 16 heavy (non-hydrogen) atoms. The Balaban J connectivity index is 1.90. The Morgan fingerprint density at radius 2 is 2.12 bits per heavy atom. The summed E-state index contributed by atoms with van der Waals surface area (Å²) >= 11 is 0. The first-order valence-corrected chi connectivity index (χ1v) is 5.22. The summed E-state index contributed by atoms with van der Waals surface area (Å²) in [6, 6.07) is 7.82. The lowest BCUT2D eigenvalue weighted by molar-refractivity contribution is 0.340. The molecule has 1 N–H and O–H groups in total. The van der Waals surface area contributed by atoms with Gasteiger partial charge in [-0.25, -0.2) is 4.98 Å². The lowest BCUT2D eigenvalue weighted by Crippen LogP contribution is -1.98. The van der Waals surface area contributed by atoms with E-state index < -0.39 is 0 Å². The van der Waals surface area contributed by atoms with E-state index in [2.05, 4.69) is 10.3 Å². The normalized spacial score (nSPS) is 10.1. The summed E-state index contributed by atoms with van der Waals surface area (Å²) in [4.78, 5) is 3.85. The first-order chi connectivity index (χ1) is 7.88. The van der Waals surface area contributed by atoms with Crippen LogP contribution in [0, 0.1) is 0 Å². The van der Waals surface area contributed by atoms with Crippen molar-refractivity contribution in [3.8, 4) is 5.75 Å². The van der Waals surface area contributed by atoms with E-state index in [0.717, 1.165) is 17.2 Å². The fourth-order valence-corrected chi connectivity index (χ4v) is 1.35. The summed E-state index contributed by atoms with van der Waals surface area (Å²) in [6.45, 7) is 3.29. The van der Waals surface area contributed by atoms with Crippen LogP contribution in [-0.2, 0) is 6.54 Å². The molecule has 0 aliphatic heterocycles. The molecule has 0 aliphatic carbocycles. The van der Waals surface area contributed by atoms with E-state index in [1.54, 1.807) is 6.20 Å². The van der Waals surface area contributed by atoms with E-state index >= 15 is 0 Å². The second-order valence-electron chi connectivity index (χ2n) is 3.28. The fourth-order valence-electron chi connectivity index (χ4n) is 1.35. The molecule has 84 valence electrons. The molecule has 0 saturated carbocycles. The first kappa shape index (κ1) is 10.5. The van der Waals surface area contributed by atoms with E-state index in [1.165, 1.54) is 6.39 Å². The Hall–Kier alpha value is -1.97. The fraction of sp³-hybridized carbons (Fsp3) is 0.250. The van der Waals surface area contributed by atoms with Crippen LogP contribution >= 0.6 is 0 Å². The maximum atomic E-state index is 5.35. The van der Waals surface area contributed by atoms with Crippen molar-refractivity contribution in [2.24, 2.45) is 0 Å². The lowest BCUT2D eigenvalue weighted by atomic mass is 10.3. The van der Waals surface area contributed by atoms with Crippen molar-refractivity contribution in [1.29, 1.82) is 0 Å². The molecular formula is C12H14N2O2. The number of nitrogens with zero attached hydrogens (tertiary/aromatic N) is 1. The minimum Gasteiger partial charge on any atom is -0.494 e. The van der Waals surface area contributed by atoms with E-state index in [4.69, 9.17) is 9.15 Å². The maximum Gasteiger partial charge on any atom is 0.180 e. The minimum atomic E-state index is 0.633. The van der Waals surface area contributed by atoms with Crippen LogP contribution in [0.1, 0.15) is 12.7 Å². The van der Waals surface area contributed by atoms with E-state index in [9.17, 15) is 0 Å². The van der Waals surface area contributed by atoms with Gasteiger partial charge in [-0.15, -0.1) is 0 Å². The van der Waals surface area contributed by atoms with Gasteiger partial charge in [-0.3, -0.25) is 0 Å². The molecule has 0 atom stereocenters. The van der Waals surface area contributed by atoms with Gasteiger partial charge in [0.25, 0.3) is 0 Å². The molecule has 4 nitrogen and oxygen atoms in total. The SMILES string of the molecule is CCOc1ccc(NCc2cnco2)cc1. The summed E-state index contributed by atoms with van der Waals surface area (Å²) in [7, 11) is 0.